The van der Waals surface area contributed by atoms with E-state index in [1.165, 1.54) is 27.4 Å². The molecule has 6 rings (SSSR count). The second-order valence-electron chi connectivity index (χ2n) is 13.0. The Labute approximate surface area is 237 Å². The first-order valence-corrected chi connectivity index (χ1v) is 14.1. The van der Waals surface area contributed by atoms with E-state index in [2.05, 4.69) is 135 Å². The fourth-order valence-electron chi connectivity index (χ4n) is 7.40. The van der Waals surface area contributed by atoms with Gasteiger partial charge in [0.2, 0.25) is 0 Å². The van der Waals surface area contributed by atoms with Crippen LogP contribution in [0.5, 0.6) is 0 Å². The molecule has 0 aliphatic rings. The molecule has 0 spiro atoms. The summed E-state index contributed by atoms with van der Waals surface area (Å²) in [5, 5.41) is 2.48. The Morgan fingerprint density at radius 1 is 0.625 bits per heavy atom. The van der Waals surface area contributed by atoms with Crippen molar-refractivity contribution in [2.45, 2.75) is 47.0 Å². The molecule has 3 heterocycles. The van der Waals surface area contributed by atoms with E-state index in [0.29, 0.717) is 0 Å². The average Bonchev–Trinajstić information content (AvgIpc) is 3.48. The van der Waals surface area contributed by atoms with Gasteiger partial charge in [-0.3, -0.25) is 4.98 Å². The van der Waals surface area contributed by atoms with Crippen LogP contribution in [0, 0.1) is 10.8 Å². The highest BCUT2D eigenvalue weighted by Gasteiger charge is 2.54. The summed E-state index contributed by atoms with van der Waals surface area (Å²) in [6.45, 7) is 14.1. The number of para-hydroxylation sites is 1. The van der Waals surface area contributed by atoms with Crippen molar-refractivity contribution in [3.05, 3.63) is 115 Å². The van der Waals surface area contributed by atoms with Gasteiger partial charge in [-0.05, 0) is 52.8 Å². The Balaban J connectivity index is 1.67. The third kappa shape index (κ3) is 3.81. The SMILES string of the molecule is Cn1ccnc1-c1ccc2c3ccccc3n(-c3cccc(C(c4ccccn4)(C(C)(C)C)C(C)(C)C)c3)c2c1. The van der Waals surface area contributed by atoms with E-state index < -0.39 is 0 Å². The first-order chi connectivity index (χ1) is 19.0. The number of imidazole rings is 1. The van der Waals surface area contributed by atoms with Crippen LogP contribution in [-0.4, -0.2) is 19.1 Å². The smallest absolute Gasteiger partial charge is 0.139 e. The molecule has 0 radical (unpaired) electrons. The molecule has 0 aliphatic heterocycles. The lowest BCUT2D eigenvalue weighted by Crippen LogP contribution is -2.51. The van der Waals surface area contributed by atoms with Gasteiger partial charge in [0.1, 0.15) is 5.82 Å². The number of pyridine rings is 1. The van der Waals surface area contributed by atoms with E-state index in [0.717, 1.165) is 22.8 Å². The summed E-state index contributed by atoms with van der Waals surface area (Å²) in [6.07, 6.45) is 5.78. The maximum Gasteiger partial charge on any atom is 0.139 e. The molecular weight excluding hydrogens is 488 g/mol. The number of benzene rings is 3. The first-order valence-electron chi connectivity index (χ1n) is 14.1. The van der Waals surface area contributed by atoms with Crippen molar-refractivity contribution in [1.82, 2.24) is 19.1 Å². The van der Waals surface area contributed by atoms with Crippen LogP contribution in [-0.2, 0) is 12.5 Å². The zero-order valence-corrected chi connectivity index (χ0v) is 24.6. The predicted molar refractivity (Wildman–Crippen MR) is 167 cm³/mol. The van der Waals surface area contributed by atoms with Gasteiger partial charge in [-0.2, -0.15) is 0 Å². The lowest BCUT2D eigenvalue weighted by Gasteiger charge is -2.54. The number of hydrogen-bond acceptors (Lipinski definition) is 2. The monoisotopic (exact) mass is 526 g/mol. The van der Waals surface area contributed by atoms with Crippen molar-refractivity contribution in [2.24, 2.45) is 17.9 Å². The Morgan fingerprint density at radius 2 is 1.35 bits per heavy atom. The van der Waals surface area contributed by atoms with Gasteiger partial charge in [0.25, 0.3) is 0 Å². The molecule has 0 saturated carbocycles. The Bertz CT molecular complexity index is 1810. The van der Waals surface area contributed by atoms with Gasteiger partial charge in [-0.25, -0.2) is 4.98 Å². The number of aromatic nitrogens is 4. The minimum Gasteiger partial charge on any atom is -0.334 e. The van der Waals surface area contributed by atoms with Crippen molar-refractivity contribution in [3.63, 3.8) is 0 Å². The second kappa shape index (κ2) is 9.19. The lowest BCUT2D eigenvalue weighted by molar-refractivity contribution is 0.0865. The summed E-state index contributed by atoms with van der Waals surface area (Å²) in [4.78, 5) is 9.62. The van der Waals surface area contributed by atoms with Crippen molar-refractivity contribution in [1.29, 1.82) is 0 Å². The maximum absolute atomic E-state index is 4.99. The van der Waals surface area contributed by atoms with Crippen LogP contribution in [0.25, 0.3) is 38.9 Å². The fourth-order valence-corrected chi connectivity index (χ4v) is 7.40. The number of fused-ring (bicyclic) bond motifs is 3. The fraction of sp³-hybridized carbons (Fsp3) is 0.278. The Hall–Kier alpha value is -4.18. The predicted octanol–water partition coefficient (Wildman–Crippen LogP) is 8.96. The Morgan fingerprint density at radius 3 is 2.02 bits per heavy atom. The minimum absolute atomic E-state index is 0.107. The molecule has 0 N–H and O–H groups in total. The van der Waals surface area contributed by atoms with Gasteiger partial charge in [0.05, 0.1) is 16.7 Å². The summed E-state index contributed by atoms with van der Waals surface area (Å²) in [5.74, 6) is 0.960. The normalized spacial score (nSPS) is 12.9. The van der Waals surface area contributed by atoms with Crippen LogP contribution in [0.15, 0.2) is 104 Å². The molecular formula is C36H38N4. The highest BCUT2D eigenvalue weighted by Crippen LogP contribution is 2.57. The van der Waals surface area contributed by atoms with E-state index in [1.807, 2.05) is 31.7 Å². The van der Waals surface area contributed by atoms with Crippen molar-refractivity contribution < 1.29 is 0 Å². The molecule has 3 aromatic carbocycles. The van der Waals surface area contributed by atoms with Gasteiger partial charge in [0.15, 0.2) is 0 Å². The van der Waals surface area contributed by atoms with Crippen molar-refractivity contribution in [3.8, 4) is 17.1 Å². The first kappa shape index (κ1) is 26.1. The van der Waals surface area contributed by atoms with Crippen LogP contribution in [0.4, 0.5) is 0 Å². The molecule has 40 heavy (non-hydrogen) atoms. The summed E-state index contributed by atoms with van der Waals surface area (Å²) < 4.78 is 4.48. The molecule has 0 amide bonds. The van der Waals surface area contributed by atoms with Gasteiger partial charge in [0, 0.05) is 53.1 Å². The third-order valence-corrected chi connectivity index (χ3v) is 8.59. The van der Waals surface area contributed by atoms with Crippen molar-refractivity contribution in [2.75, 3.05) is 0 Å². The zero-order chi connectivity index (χ0) is 28.3. The number of rotatable bonds is 4. The second-order valence-corrected chi connectivity index (χ2v) is 13.0. The largest absolute Gasteiger partial charge is 0.334 e. The summed E-state index contributed by atoms with van der Waals surface area (Å²) in [7, 11) is 2.04. The van der Waals surface area contributed by atoms with E-state index >= 15 is 0 Å². The van der Waals surface area contributed by atoms with Crippen LogP contribution >= 0.6 is 0 Å². The number of nitrogens with zero attached hydrogens (tertiary/aromatic N) is 4. The van der Waals surface area contributed by atoms with Crippen molar-refractivity contribution >= 4 is 21.8 Å². The molecule has 0 atom stereocenters. The highest BCUT2D eigenvalue weighted by atomic mass is 15.0. The number of aryl methyl sites for hydroxylation is 1. The summed E-state index contributed by atoms with van der Waals surface area (Å²) in [6, 6.07) is 30.9. The molecule has 0 unspecified atom stereocenters. The van der Waals surface area contributed by atoms with E-state index in [-0.39, 0.29) is 16.2 Å². The number of hydrogen-bond donors (Lipinski definition) is 0. The van der Waals surface area contributed by atoms with Gasteiger partial charge in [-0.15, -0.1) is 0 Å². The van der Waals surface area contributed by atoms with E-state index in [4.69, 9.17) is 4.98 Å². The molecule has 0 saturated heterocycles. The third-order valence-electron chi connectivity index (χ3n) is 8.59. The molecule has 0 aliphatic carbocycles. The van der Waals surface area contributed by atoms with Gasteiger partial charge < -0.3 is 9.13 Å². The van der Waals surface area contributed by atoms with Crippen LogP contribution in [0.1, 0.15) is 52.8 Å². The molecule has 4 nitrogen and oxygen atoms in total. The molecule has 0 bridgehead atoms. The average molecular weight is 527 g/mol. The van der Waals surface area contributed by atoms with Crippen LogP contribution in [0.2, 0.25) is 0 Å². The standard InChI is InChI=1S/C36H38N4/c1-34(2,3)36(35(4,5)6,32-17-10-11-20-37-32)26-13-12-14-27(24-26)40-30-16-9-8-15-28(30)29-19-18-25(23-31(29)40)33-38-21-22-39(33)7/h8-24H,1-7H3. The maximum atomic E-state index is 4.99. The molecule has 4 heteroatoms. The van der Waals surface area contributed by atoms with Gasteiger partial charge in [-0.1, -0.05) is 90.1 Å². The summed E-state index contributed by atoms with van der Waals surface area (Å²) >= 11 is 0. The minimum atomic E-state index is -0.339. The highest BCUT2D eigenvalue weighted by molar-refractivity contribution is 6.10. The molecule has 0 fully saturated rings. The summed E-state index contributed by atoms with van der Waals surface area (Å²) in [5.41, 5.74) is 6.45. The molecule has 6 aromatic rings. The zero-order valence-electron chi connectivity index (χ0n) is 24.6. The van der Waals surface area contributed by atoms with Crippen LogP contribution < -0.4 is 0 Å². The van der Waals surface area contributed by atoms with Gasteiger partial charge >= 0.3 is 0 Å². The van der Waals surface area contributed by atoms with E-state index in [9.17, 15) is 0 Å². The Kier molecular flexibility index (Phi) is 5.99. The van der Waals surface area contributed by atoms with Crippen LogP contribution in [0.3, 0.4) is 0 Å². The lowest BCUT2D eigenvalue weighted by atomic mass is 9.49. The molecule has 202 valence electrons. The van der Waals surface area contributed by atoms with E-state index in [1.54, 1.807) is 0 Å². The molecule has 3 aromatic heterocycles. The quantitative estimate of drug-likeness (QED) is 0.230. The topological polar surface area (TPSA) is 35.6 Å².